The van der Waals surface area contributed by atoms with E-state index in [4.69, 9.17) is 0 Å². The highest BCUT2D eigenvalue weighted by Gasteiger charge is 2.03. The third-order valence-corrected chi connectivity index (χ3v) is 3.11. The van der Waals surface area contributed by atoms with Crippen LogP contribution in [0.25, 0.3) is 11.0 Å². The molecule has 3 aromatic rings. The SMILES string of the molecule is COC(=O)c1ccc(C#Cc2ccnc3[nH]ccc23)cc1. The van der Waals surface area contributed by atoms with E-state index in [1.165, 1.54) is 7.11 Å². The molecule has 21 heavy (non-hydrogen) atoms. The second kappa shape index (κ2) is 5.51. The van der Waals surface area contributed by atoms with Gasteiger partial charge in [0.05, 0.1) is 12.7 Å². The van der Waals surface area contributed by atoms with Gasteiger partial charge in [0.25, 0.3) is 0 Å². The van der Waals surface area contributed by atoms with Gasteiger partial charge in [-0.1, -0.05) is 11.8 Å². The molecule has 1 N–H and O–H groups in total. The molecular formula is C17H12N2O2. The maximum absolute atomic E-state index is 11.4. The number of fused-ring (bicyclic) bond motifs is 1. The average Bonchev–Trinajstić information content (AvgIpc) is 3.02. The van der Waals surface area contributed by atoms with Crippen LogP contribution in [-0.4, -0.2) is 23.0 Å². The van der Waals surface area contributed by atoms with Gasteiger partial charge in [-0.2, -0.15) is 0 Å². The molecule has 0 spiro atoms. The molecule has 0 saturated heterocycles. The zero-order valence-electron chi connectivity index (χ0n) is 11.4. The number of carbonyl (C=O) groups excluding carboxylic acids is 1. The molecule has 0 amide bonds. The fourth-order valence-corrected chi connectivity index (χ4v) is 2.02. The minimum atomic E-state index is -0.349. The van der Waals surface area contributed by atoms with Crippen molar-refractivity contribution in [1.29, 1.82) is 0 Å². The number of ether oxygens (including phenoxy) is 1. The van der Waals surface area contributed by atoms with E-state index < -0.39 is 0 Å². The molecule has 0 radical (unpaired) electrons. The smallest absolute Gasteiger partial charge is 0.337 e. The average molecular weight is 276 g/mol. The Morgan fingerprint density at radius 3 is 2.71 bits per heavy atom. The van der Waals surface area contributed by atoms with Crippen LogP contribution in [0.15, 0.2) is 48.8 Å². The van der Waals surface area contributed by atoms with Crippen molar-refractivity contribution < 1.29 is 9.53 Å². The summed E-state index contributed by atoms with van der Waals surface area (Å²) in [5, 5.41) is 0.996. The molecule has 2 heterocycles. The molecule has 0 unspecified atom stereocenters. The monoisotopic (exact) mass is 276 g/mol. The Balaban J connectivity index is 1.91. The third-order valence-electron chi connectivity index (χ3n) is 3.11. The molecule has 4 nitrogen and oxygen atoms in total. The number of rotatable bonds is 1. The van der Waals surface area contributed by atoms with Gasteiger partial charge in [-0.05, 0) is 36.4 Å². The standard InChI is InChI=1S/C17H12N2O2/c1-21-17(20)14-6-3-12(4-7-14)2-5-13-8-10-18-16-15(13)9-11-19-16/h3-4,6-11H,1H3,(H,18,19). The number of nitrogens with zero attached hydrogens (tertiary/aromatic N) is 1. The highest BCUT2D eigenvalue weighted by atomic mass is 16.5. The Morgan fingerprint density at radius 2 is 1.95 bits per heavy atom. The van der Waals surface area contributed by atoms with Crippen LogP contribution >= 0.6 is 0 Å². The fourth-order valence-electron chi connectivity index (χ4n) is 2.02. The van der Waals surface area contributed by atoms with Crippen molar-refractivity contribution in [3.63, 3.8) is 0 Å². The van der Waals surface area contributed by atoms with Gasteiger partial charge in [-0.3, -0.25) is 0 Å². The summed E-state index contributed by atoms with van der Waals surface area (Å²) in [5.41, 5.74) is 3.09. The van der Waals surface area contributed by atoms with Crippen molar-refractivity contribution in [3.8, 4) is 11.8 Å². The first-order valence-corrected chi connectivity index (χ1v) is 6.40. The van der Waals surface area contributed by atoms with E-state index in [1.54, 1.807) is 30.5 Å². The minimum absolute atomic E-state index is 0.349. The Kier molecular flexibility index (Phi) is 3.40. The Morgan fingerprint density at radius 1 is 1.14 bits per heavy atom. The second-order valence-electron chi connectivity index (χ2n) is 4.42. The molecule has 1 aromatic carbocycles. The summed E-state index contributed by atoms with van der Waals surface area (Å²) in [4.78, 5) is 18.6. The highest BCUT2D eigenvalue weighted by Crippen LogP contribution is 2.14. The summed E-state index contributed by atoms with van der Waals surface area (Å²) in [5.74, 6) is 5.86. The van der Waals surface area contributed by atoms with Gasteiger partial charge in [0.15, 0.2) is 0 Å². The van der Waals surface area contributed by atoms with Crippen LogP contribution in [-0.2, 0) is 4.74 Å². The summed E-state index contributed by atoms with van der Waals surface area (Å²) in [6.07, 6.45) is 3.57. The molecule has 3 rings (SSSR count). The predicted molar refractivity (Wildman–Crippen MR) is 79.9 cm³/mol. The van der Waals surface area contributed by atoms with Crippen LogP contribution in [0.2, 0.25) is 0 Å². The maximum Gasteiger partial charge on any atom is 0.337 e. The third kappa shape index (κ3) is 2.63. The highest BCUT2D eigenvalue weighted by molar-refractivity contribution is 5.89. The lowest BCUT2D eigenvalue weighted by atomic mass is 10.1. The van der Waals surface area contributed by atoms with E-state index in [0.29, 0.717) is 5.56 Å². The Labute approximate surface area is 121 Å². The van der Waals surface area contributed by atoms with Gasteiger partial charge in [-0.25, -0.2) is 9.78 Å². The van der Waals surface area contributed by atoms with Gasteiger partial charge in [0, 0.05) is 28.9 Å². The van der Waals surface area contributed by atoms with Crippen molar-refractivity contribution in [2.45, 2.75) is 0 Å². The van der Waals surface area contributed by atoms with Crippen LogP contribution in [0.5, 0.6) is 0 Å². The number of esters is 1. The van der Waals surface area contributed by atoms with Crippen LogP contribution in [0.1, 0.15) is 21.5 Å². The summed E-state index contributed by atoms with van der Waals surface area (Å²) in [7, 11) is 1.36. The zero-order chi connectivity index (χ0) is 14.7. The summed E-state index contributed by atoms with van der Waals surface area (Å²) in [6, 6.07) is 10.8. The van der Waals surface area contributed by atoms with E-state index in [-0.39, 0.29) is 5.97 Å². The lowest BCUT2D eigenvalue weighted by molar-refractivity contribution is 0.0601. The number of aromatic amines is 1. The number of nitrogens with one attached hydrogen (secondary N) is 1. The fraction of sp³-hybridized carbons (Fsp3) is 0.0588. The number of hydrogen-bond acceptors (Lipinski definition) is 3. The molecule has 0 aliphatic heterocycles. The first-order chi connectivity index (χ1) is 10.3. The molecule has 0 atom stereocenters. The van der Waals surface area contributed by atoms with Crippen molar-refractivity contribution >= 4 is 17.0 Å². The van der Waals surface area contributed by atoms with Crippen molar-refractivity contribution in [2.75, 3.05) is 7.11 Å². The lowest BCUT2D eigenvalue weighted by Crippen LogP contribution is -2.00. The summed E-state index contributed by atoms with van der Waals surface area (Å²) in [6.45, 7) is 0. The summed E-state index contributed by atoms with van der Waals surface area (Å²) >= 11 is 0. The van der Waals surface area contributed by atoms with E-state index in [9.17, 15) is 4.79 Å². The Bertz CT molecular complexity index is 852. The van der Waals surface area contributed by atoms with Crippen molar-refractivity contribution in [3.05, 3.63) is 65.5 Å². The molecule has 0 aliphatic carbocycles. The number of hydrogen-bond donors (Lipinski definition) is 1. The van der Waals surface area contributed by atoms with E-state index >= 15 is 0 Å². The van der Waals surface area contributed by atoms with Gasteiger partial charge in [-0.15, -0.1) is 0 Å². The molecule has 0 bridgehead atoms. The largest absolute Gasteiger partial charge is 0.465 e. The van der Waals surface area contributed by atoms with Gasteiger partial charge in [0.2, 0.25) is 0 Å². The molecule has 0 saturated carbocycles. The van der Waals surface area contributed by atoms with Crippen molar-refractivity contribution in [1.82, 2.24) is 9.97 Å². The van der Waals surface area contributed by atoms with Crippen molar-refractivity contribution in [2.24, 2.45) is 0 Å². The van der Waals surface area contributed by atoms with Crippen LogP contribution < -0.4 is 0 Å². The molecule has 2 aromatic heterocycles. The van der Waals surface area contributed by atoms with E-state index in [0.717, 1.165) is 22.2 Å². The Hall–Kier alpha value is -3.06. The maximum atomic E-state index is 11.4. The first kappa shape index (κ1) is 12.9. The van der Waals surface area contributed by atoms with Crippen LogP contribution in [0.3, 0.4) is 0 Å². The number of methoxy groups -OCH3 is 1. The quantitative estimate of drug-likeness (QED) is 0.549. The van der Waals surface area contributed by atoms with Gasteiger partial charge < -0.3 is 9.72 Å². The number of aromatic nitrogens is 2. The van der Waals surface area contributed by atoms with E-state index in [1.807, 2.05) is 18.3 Å². The zero-order valence-corrected chi connectivity index (χ0v) is 11.4. The number of benzene rings is 1. The van der Waals surface area contributed by atoms with Crippen LogP contribution in [0.4, 0.5) is 0 Å². The number of carbonyl (C=O) groups is 1. The van der Waals surface area contributed by atoms with Gasteiger partial charge in [0.1, 0.15) is 5.65 Å². The topological polar surface area (TPSA) is 55.0 Å². The van der Waals surface area contributed by atoms with Crippen LogP contribution in [0, 0.1) is 11.8 Å². The second-order valence-corrected chi connectivity index (χ2v) is 4.42. The predicted octanol–water partition coefficient (Wildman–Crippen LogP) is 2.75. The minimum Gasteiger partial charge on any atom is -0.465 e. The molecule has 0 fully saturated rings. The van der Waals surface area contributed by atoms with E-state index in [2.05, 4.69) is 26.5 Å². The first-order valence-electron chi connectivity index (χ1n) is 6.40. The molecule has 102 valence electrons. The van der Waals surface area contributed by atoms with Gasteiger partial charge >= 0.3 is 5.97 Å². The normalized spacial score (nSPS) is 9.95. The molecular weight excluding hydrogens is 264 g/mol. The number of pyridine rings is 1. The summed E-state index contributed by atoms with van der Waals surface area (Å²) < 4.78 is 4.66. The number of H-pyrrole nitrogens is 1. The molecule has 0 aliphatic rings. The lowest BCUT2D eigenvalue weighted by Gasteiger charge is -1.98. The molecule has 4 heteroatoms.